The van der Waals surface area contributed by atoms with Crippen molar-refractivity contribution in [3.63, 3.8) is 0 Å². The van der Waals surface area contributed by atoms with Gasteiger partial charge in [-0.05, 0) is 0 Å². The fourth-order valence-electron chi connectivity index (χ4n) is 6.67. The van der Waals surface area contributed by atoms with Crippen molar-refractivity contribution in [2.45, 2.75) is 75.4 Å². The van der Waals surface area contributed by atoms with Gasteiger partial charge in [0.25, 0.3) is 0 Å². The van der Waals surface area contributed by atoms with Crippen LogP contribution in [0.3, 0.4) is 0 Å². The molecule has 6 aromatic rings. The van der Waals surface area contributed by atoms with Gasteiger partial charge in [0.05, 0.1) is 0 Å². The SMILES string of the molecule is OC1(c2cn(-c3ccccc3[Se]c3ccccc3)nn2)CCCCC1.OC1(c2cn(-c3ccccc3[Se]c3ccccc3)nn2)CCCCC1. The second-order valence-corrected chi connectivity index (χ2v) is 17.7. The van der Waals surface area contributed by atoms with Gasteiger partial charge in [-0.15, -0.1) is 0 Å². The van der Waals surface area contributed by atoms with Crippen LogP contribution < -0.4 is 17.8 Å². The Bertz CT molecular complexity index is 1830. The van der Waals surface area contributed by atoms with Crippen molar-refractivity contribution < 1.29 is 10.2 Å². The molecule has 4 aromatic carbocycles. The van der Waals surface area contributed by atoms with Crippen molar-refractivity contribution in [2.24, 2.45) is 0 Å². The number of rotatable bonds is 8. The summed E-state index contributed by atoms with van der Waals surface area (Å²) in [5.41, 5.74) is 1.88. The quantitative estimate of drug-likeness (QED) is 0.225. The summed E-state index contributed by atoms with van der Waals surface area (Å²) in [7, 11) is 0. The van der Waals surface area contributed by atoms with Crippen LogP contribution in [-0.4, -0.2) is 70.1 Å². The number of benzene rings is 4. The van der Waals surface area contributed by atoms with Gasteiger partial charge in [0.1, 0.15) is 0 Å². The maximum absolute atomic E-state index is 10.9. The van der Waals surface area contributed by atoms with Gasteiger partial charge in [-0.1, -0.05) is 0 Å². The second-order valence-electron chi connectivity index (χ2n) is 13.0. The second kappa shape index (κ2) is 16.0. The molecular formula is C40H42N6O2Se2. The molecule has 2 aliphatic rings. The van der Waals surface area contributed by atoms with Gasteiger partial charge in [0.2, 0.25) is 0 Å². The van der Waals surface area contributed by atoms with Crippen LogP contribution in [0, 0.1) is 0 Å². The van der Waals surface area contributed by atoms with E-state index in [1.54, 1.807) is 0 Å². The first-order valence-corrected chi connectivity index (χ1v) is 20.9. The molecule has 0 radical (unpaired) electrons. The molecule has 2 aliphatic carbocycles. The van der Waals surface area contributed by atoms with E-state index in [9.17, 15) is 10.2 Å². The standard InChI is InChI=1S/2C20H21N3OSe/c2*24-20(13-7-2-8-14-20)19-15-23(22-21-19)17-11-5-6-12-18(17)25-16-9-3-1-4-10-16/h2*1,3-6,9-12,15,24H,2,7-8,13-14H2. The third kappa shape index (κ3) is 8.18. The van der Waals surface area contributed by atoms with Crippen molar-refractivity contribution in [1.29, 1.82) is 0 Å². The summed E-state index contributed by atoms with van der Waals surface area (Å²) in [6.45, 7) is 0. The maximum atomic E-state index is 10.9. The number of hydrogen-bond donors (Lipinski definition) is 2. The normalized spacial score (nSPS) is 16.7. The van der Waals surface area contributed by atoms with E-state index in [1.807, 2.05) is 46.0 Å². The van der Waals surface area contributed by atoms with Crippen molar-refractivity contribution in [2.75, 3.05) is 0 Å². The Morgan fingerprint density at radius 2 is 0.820 bits per heavy atom. The Hall–Kier alpha value is -3.88. The van der Waals surface area contributed by atoms with Crippen LogP contribution in [0.15, 0.2) is 122 Å². The third-order valence-corrected chi connectivity index (χ3v) is 14.0. The summed E-state index contributed by atoms with van der Waals surface area (Å²) >= 11 is 0.400. The molecule has 0 spiro atoms. The molecule has 0 saturated heterocycles. The molecule has 256 valence electrons. The first-order valence-electron chi connectivity index (χ1n) is 17.4. The van der Waals surface area contributed by atoms with Gasteiger partial charge < -0.3 is 0 Å². The van der Waals surface area contributed by atoms with Crippen molar-refractivity contribution in [1.82, 2.24) is 30.0 Å². The van der Waals surface area contributed by atoms with Crippen LogP contribution >= 0.6 is 0 Å². The van der Waals surface area contributed by atoms with Crippen LogP contribution in [0.25, 0.3) is 11.4 Å². The van der Waals surface area contributed by atoms with E-state index in [4.69, 9.17) is 0 Å². The summed E-state index contributed by atoms with van der Waals surface area (Å²) in [4.78, 5) is 0. The molecular weight excluding hydrogens is 754 g/mol. The van der Waals surface area contributed by atoms with Crippen LogP contribution in [0.4, 0.5) is 0 Å². The van der Waals surface area contributed by atoms with Crippen LogP contribution in [0.2, 0.25) is 0 Å². The summed E-state index contributed by atoms with van der Waals surface area (Å²) in [6.07, 6.45) is 13.5. The summed E-state index contributed by atoms with van der Waals surface area (Å²) < 4.78 is 8.81. The van der Waals surface area contributed by atoms with Gasteiger partial charge in [-0.2, -0.15) is 0 Å². The van der Waals surface area contributed by atoms with Crippen molar-refractivity contribution in [3.05, 3.63) is 133 Å². The monoisotopic (exact) mass is 798 g/mol. The zero-order chi connectivity index (χ0) is 34.2. The van der Waals surface area contributed by atoms with Gasteiger partial charge in [-0.3, -0.25) is 0 Å². The van der Waals surface area contributed by atoms with Gasteiger partial charge in [-0.25, -0.2) is 0 Å². The molecule has 8 nitrogen and oxygen atoms in total. The zero-order valence-electron chi connectivity index (χ0n) is 28.0. The van der Waals surface area contributed by atoms with Crippen LogP contribution in [0.1, 0.15) is 75.6 Å². The molecule has 0 amide bonds. The molecule has 2 heterocycles. The van der Waals surface area contributed by atoms with E-state index in [2.05, 4.69) is 106 Å². The minimum atomic E-state index is -0.810. The molecule has 10 heteroatoms. The molecule has 2 saturated carbocycles. The summed E-state index contributed by atoms with van der Waals surface area (Å²) in [5.74, 6) is 0. The third-order valence-electron chi connectivity index (χ3n) is 9.47. The molecule has 0 bridgehead atoms. The number of aromatic nitrogens is 6. The Morgan fingerprint density at radius 1 is 0.460 bits per heavy atom. The van der Waals surface area contributed by atoms with E-state index >= 15 is 0 Å². The van der Waals surface area contributed by atoms with E-state index in [1.165, 1.54) is 30.7 Å². The van der Waals surface area contributed by atoms with Gasteiger partial charge >= 0.3 is 308 Å². The Morgan fingerprint density at radius 3 is 1.22 bits per heavy atom. The average molecular weight is 797 g/mol. The molecule has 0 aliphatic heterocycles. The Kier molecular flexibility index (Phi) is 11.1. The van der Waals surface area contributed by atoms with E-state index in [0.29, 0.717) is 11.4 Å². The Labute approximate surface area is 306 Å². The molecule has 0 unspecified atom stereocenters. The minimum absolute atomic E-state index is 0.200. The van der Waals surface area contributed by atoms with Crippen molar-refractivity contribution in [3.8, 4) is 11.4 Å². The summed E-state index contributed by atoms with van der Waals surface area (Å²) in [6, 6.07) is 37.7. The topological polar surface area (TPSA) is 102 Å². The number of hydrogen-bond acceptors (Lipinski definition) is 6. The fourth-order valence-corrected chi connectivity index (χ4v) is 10.7. The van der Waals surface area contributed by atoms with Crippen LogP contribution in [0.5, 0.6) is 0 Å². The molecule has 8 rings (SSSR count). The fraction of sp³-hybridized carbons (Fsp3) is 0.300. The molecule has 2 aromatic heterocycles. The van der Waals surface area contributed by atoms with Crippen LogP contribution in [-0.2, 0) is 11.2 Å². The molecule has 0 atom stereocenters. The summed E-state index contributed by atoms with van der Waals surface area (Å²) in [5, 5.41) is 39.1. The van der Waals surface area contributed by atoms with Gasteiger partial charge in [0.15, 0.2) is 0 Å². The molecule has 2 fully saturated rings. The molecule has 50 heavy (non-hydrogen) atoms. The average Bonchev–Trinajstić information content (AvgIpc) is 3.87. The van der Waals surface area contributed by atoms with E-state index in [-0.39, 0.29) is 29.9 Å². The Balaban J connectivity index is 0.000000157. The first-order chi connectivity index (χ1) is 24.5. The van der Waals surface area contributed by atoms with Gasteiger partial charge in [0, 0.05) is 0 Å². The predicted octanol–water partition coefficient (Wildman–Crippen LogP) is 4.15. The number of para-hydroxylation sites is 2. The predicted molar refractivity (Wildman–Crippen MR) is 200 cm³/mol. The first kappa shape index (κ1) is 34.6. The van der Waals surface area contributed by atoms with E-state index < -0.39 is 11.2 Å². The number of nitrogens with zero attached hydrogens (tertiary/aromatic N) is 6. The van der Waals surface area contributed by atoms with E-state index in [0.717, 1.165) is 62.7 Å². The molecule has 2 N–H and O–H groups in total. The zero-order valence-corrected chi connectivity index (χ0v) is 31.4. The van der Waals surface area contributed by atoms with Crippen molar-refractivity contribution >= 4 is 47.8 Å². The number of aliphatic hydroxyl groups is 2.